The van der Waals surface area contributed by atoms with Crippen molar-refractivity contribution in [3.63, 3.8) is 0 Å². The highest BCUT2D eigenvalue weighted by atomic mass is 32.2. The molecule has 0 unspecified atom stereocenters. The molecule has 7 heteroatoms. The Morgan fingerprint density at radius 2 is 2.11 bits per heavy atom. The number of hydrogen-bond acceptors (Lipinski definition) is 4. The van der Waals surface area contributed by atoms with Gasteiger partial charge < -0.3 is 9.72 Å². The first kappa shape index (κ1) is 15.1. The Bertz CT molecular complexity index is 442. The second kappa shape index (κ2) is 7.50. The van der Waals surface area contributed by atoms with Crippen LogP contribution in [0.1, 0.15) is 32.0 Å². The summed E-state index contributed by atoms with van der Waals surface area (Å²) in [4.78, 5) is 6.55. The molecular weight excluding hydrogens is 254 g/mol. The molecule has 18 heavy (non-hydrogen) atoms. The lowest BCUT2D eigenvalue weighted by Gasteiger charge is -2.05. The van der Waals surface area contributed by atoms with Crippen LogP contribution in [-0.4, -0.2) is 38.1 Å². The van der Waals surface area contributed by atoms with E-state index in [0.29, 0.717) is 25.4 Å². The molecule has 0 amide bonds. The largest absolute Gasteiger partial charge is 0.381 e. The lowest BCUT2D eigenvalue weighted by Crippen LogP contribution is -2.26. The predicted molar refractivity (Wildman–Crippen MR) is 68.9 cm³/mol. The van der Waals surface area contributed by atoms with Gasteiger partial charge in [-0.05, 0) is 19.8 Å². The van der Waals surface area contributed by atoms with Crippen molar-refractivity contribution in [2.24, 2.45) is 0 Å². The minimum atomic E-state index is -3.46. The summed E-state index contributed by atoms with van der Waals surface area (Å²) in [5.74, 6) is 0.582. The van der Waals surface area contributed by atoms with Crippen molar-refractivity contribution in [1.82, 2.24) is 14.7 Å². The van der Waals surface area contributed by atoms with Crippen LogP contribution in [0.5, 0.6) is 0 Å². The molecule has 0 aliphatic carbocycles. The zero-order valence-corrected chi connectivity index (χ0v) is 11.7. The van der Waals surface area contributed by atoms with Gasteiger partial charge in [-0.3, -0.25) is 0 Å². The molecule has 1 aromatic heterocycles. The van der Waals surface area contributed by atoms with Crippen LogP contribution in [-0.2, 0) is 14.8 Å². The number of ether oxygens (including phenoxy) is 1. The molecule has 0 atom stereocenters. The first-order valence-electron chi connectivity index (χ1n) is 6.15. The number of aryl methyl sites for hydroxylation is 1. The third-order valence-corrected chi connectivity index (χ3v) is 3.74. The van der Waals surface area contributed by atoms with Crippen LogP contribution in [0.2, 0.25) is 0 Å². The van der Waals surface area contributed by atoms with E-state index in [-0.39, 0.29) is 5.03 Å². The van der Waals surface area contributed by atoms with Crippen molar-refractivity contribution in [1.29, 1.82) is 0 Å². The molecule has 0 aliphatic rings. The summed E-state index contributed by atoms with van der Waals surface area (Å²) in [5, 5.41) is 0.104. The highest BCUT2D eigenvalue weighted by molar-refractivity contribution is 7.89. The molecule has 104 valence electrons. The van der Waals surface area contributed by atoms with Crippen LogP contribution in [0.4, 0.5) is 0 Å². The van der Waals surface area contributed by atoms with Gasteiger partial charge in [0.25, 0.3) is 10.0 Å². The molecule has 0 bridgehead atoms. The van der Waals surface area contributed by atoms with Crippen LogP contribution in [0.3, 0.4) is 0 Å². The van der Waals surface area contributed by atoms with Gasteiger partial charge in [-0.2, -0.15) is 0 Å². The molecule has 1 aromatic rings. The Labute approximate surface area is 108 Å². The Hall–Kier alpha value is -0.920. The van der Waals surface area contributed by atoms with Gasteiger partial charge in [-0.15, -0.1) is 0 Å². The lowest BCUT2D eigenvalue weighted by atomic mass is 10.4. The number of H-pyrrole nitrogens is 1. The standard InChI is InChI=1S/C11H21N3O3S/c1-3-4-7-17-8-5-6-13-18(15,16)11-9-12-10(2)14-11/h9,13H,3-8H2,1-2H3,(H,12,14). The molecule has 6 nitrogen and oxygen atoms in total. The van der Waals surface area contributed by atoms with E-state index < -0.39 is 10.0 Å². The predicted octanol–water partition coefficient (Wildman–Crippen LogP) is 1.20. The van der Waals surface area contributed by atoms with Crippen LogP contribution in [0.15, 0.2) is 11.2 Å². The van der Waals surface area contributed by atoms with Gasteiger partial charge in [-0.25, -0.2) is 18.1 Å². The molecule has 0 saturated carbocycles. The third kappa shape index (κ3) is 5.16. The Morgan fingerprint density at radius 1 is 1.39 bits per heavy atom. The molecule has 1 rings (SSSR count). The fourth-order valence-electron chi connectivity index (χ4n) is 1.34. The molecule has 0 radical (unpaired) electrons. The molecule has 0 aromatic carbocycles. The van der Waals surface area contributed by atoms with E-state index in [9.17, 15) is 8.42 Å². The van der Waals surface area contributed by atoms with E-state index in [0.717, 1.165) is 19.4 Å². The van der Waals surface area contributed by atoms with Gasteiger partial charge in [-0.1, -0.05) is 13.3 Å². The summed E-state index contributed by atoms with van der Waals surface area (Å²) in [6.45, 7) is 5.49. The number of nitrogens with one attached hydrogen (secondary N) is 2. The second-order valence-electron chi connectivity index (χ2n) is 4.05. The first-order chi connectivity index (χ1) is 8.56. The average molecular weight is 275 g/mol. The van der Waals surface area contributed by atoms with E-state index >= 15 is 0 Å². The summed E-state index contributed by atoms with van der Waals surface area (Å²) >= 11 is 0. The molecule has 0 saturated heterocycles. The molecule has 1 heterocycles. The Balaban J connectivity index is 2.22. The molecule has 0 spiro atoms. The quantitative estimate of drug-likeness (QED) is 0.663. The fraction of sp³-hybridized carbons (Fsp3) is 0.727. The number of aromatic nitrogens is 2. The average Bonchev–Trinajstić information content (AvgIpc) is 2.75. The summed E-state index contributed by atoms with van der Waals surface area (Å²) in [6.07, 6.45) is 4.12. The van der Waals surface area contributed by atoms with E-state index in [1.807, 2.05) is 0 Å². The van der Waals surface area contributed by atoms with Crippen molar-refractivity contribution < 1.29 is 13.2 Å². The van der Waals surface area contributed by atoms with E-state index in [2.05, 4.69) is 21.6 Å². The SMILES string of the molecule is CCCCOCCCNS(=O)(=O)c1cnc(C)[nH]1. The summed E-state index contributed by atoms with van der Waals surface area (Å²) in [6, 6.07) is 0. The van der Waals surface area contributed by atoms with Gasteiger partial charge in [0.1, 0.15) is 5.82 Å². The van der Waals surface area contributed by atoms with Crippen LogP contribution < -0.4 is 4.72 Å². The Kier molecular flexibility index (Phi) is 6.31. The topological polar surface area (TPSA) is 84.1 Å². The monoisotopic (exact) mass is 275 g/mol. The van der Waals surface area contributed by atoms with Gasteiger partial charge in [0, 0.05) is 19.8 Å². The summed E-state index contributed by atoms with van der Waals surface area (Å²) in [7, 11) is -3.46. The number of sulfonamides is 1. The summed E-state index contributed by atoms with van der Waals surface area (Å²) in [5.41, 5.74) is 0. The van der Waals surface area contributed by atoms with Crippen molar-refractivity contribution in [3.05, 3.63) is 12.0 Å². The second-order valence-corrected chi connectivity index (χ2v) is 5.79. The minimum Gasteiger partial charge on any atom is -0.381 e. The Morgan fingerprint density at radius 3 is 2.72 bits per heavy atom. The lowest BCUT2D eigenvalue weighted by molar-refractivity contribution is 0.130. The number of imidazole rings is 1. The van der Waals surface area contributed by atoms with Crippen molar-refractivity contribution in [2.75, 3.05) is 19.8 Å². The number of rotatable bonds is 9. The normalized spacial score (nSPS) is 11.9. The van der Waals surface area contributed by atoms with Crippen LogP contribution >= 0.6 is 0 Å². The minimum absolute atomic E-state index is 0.104. The zero-order valence-electron chi connectivity index (χ0n) is 10.9. The molecule has 2 N–H and O–H groups in total. The fourth-order valence-corrected chi connectivity index (χ4v) is 2.38. The van der Waals surface area contributed by atoms with Crippen molar-refractivity contribution >= 4 is 10.0 Å². The maximum absolute atomic E-state index is 11.8. The maximum atomic E-state index is 11.8. The maximum Gasteiger partial charge on any atom is 0.257 e. The highest BCUT2D eigenvalue weighted by Crippen LogP contribution is 2.04. The number of nitrogens with zero attached hydrogens (tertiary/aromatic N) is 1. The smallest absolute Gasteiger partial charge is 0.257 e. The van der Waals surface area contributed by atoms with Gasteiger partial charge >= 0.3 is 0 Å². The van der Waals surface area contributed by atoms with Crippen molar-refractivity contribution in [2.45, 2.75) is 38.1 Å². The number of hydrogen-bond donors (Lipinski definition) is 2. The highest BCUT2D eigenvalue weighted by Gasteiger charge is 2.15. The van der Waals surface area contributed by atoms with Crippen LogP contribution in [0.25, 0.3) is 0 Å². The zero-order chi connectivity index (χ0) is 13.4. The van der Waals surface area contributed by atoms with Gasteiger partial charge in [0.15, 0.2) is 5.03 Å². The van der Waals surface area contributed by atoms with E-state index in [4.69, 9.17) is 4.74 Å². The molecular formula is C11H21N3O3S. The molecule has 0 fully saturated rings. The van der Waals surface area contributed by atoms with Gasteiger partial charge in [0.05, 0.1) is 6.20 Å². The summed E-state index contributed by atoms with van der Waals surface area (Å²) < 4.78 is 31.4. The van der Waals surface area contributed by atoms with E-state index in [1.165, 1.54) is 6.20 Å². The molecule has 0 aliphatic heterocycles. The number of aromatic amines is 1. The first-order valence-corrected chi connectivity index (χ1v) is 7.63. The van der Waals surface area contributed by atoms with E-state index in [1.54, 1.807) is 6.92 Å². The van der Waals surface area contributed by atoms with Crippen LogP contribution in [0, 0.1) is 6.92 Å². The van der Waals surface area contributed by atoms with Crippen molar-refractivity contribution in [3.8, 4) is 0 Å². The van der Waals surface area contributed by atoms with Gasteiger partial charge in [0.2, 0.25) is 0 Å². The number of unbranched alkanes of at least 4 members (excludes halogenated alkanes) is 1. The third-order valence-electron chi connectivity index (χ3n) is 2.37.